The van der Waals surface area contributed by atoms with Crippen LogP contribution in [0, 0.1) is 19.8 Å². The second-order valence-electron chi connectivity index (χ2n) is 6.75. The Morgan fingerprint density at radius 3 is 2.62 bits per heavy atom. The predicted molar refractivity (Wildman–Crippen MR) is 87.8 cm³/mol. The lowest BCUT2D eigenvalue weighted by Gasteiger charge is -2.30. The van der Waals surface area contributed by atoms with E-state index in [0.717, 1.165) is 54.0 Å². The lowest BCUT2D eigenvalue weighted by Crippen LogP contribution is -2.26. The molecule has 0 bridgehead atoms. The minimum absolute atomic E-state index is 0.649. The van der Waals surface area contributed by atoms with E-state index in [1.165, 1.54) is 19.3 Å². The van der Waals surface area contributed by atoms with Gasteiger partial charge in [-0.25, -0.2) is 0 Å². The van der Waals surface area contributed by atoms with Crippen molar-refractivity contribution in [2.75, 3.05) is 7.11 Å². The van der Waals surface area contributed by atoms with Crippen LogP contribution in [0.1, 0.15) is 68.6 Å². The molecule has 1 aliphatic rings. The zero-order valence-corrected chi connectivity index (χ0v) is 14.0. The van der Waals surface area contributed by atoms with Gasteiger partial charge in [0.25, 0.3) is 0 Å². The highest BCUT2D eigenvalue weighted by Gasteiger charge is 2.33. The van der Waals surface area contributed by atoms with Gasteiger partial charge in [0.1, 0.15) is 5.75 Å². The van der Waals surface area contributed by atoms with Gasteiger partial charge in [-0.15, -0.1) is 0 Å². The first-order chi connectivity index (χ1) is 10.00. The monoisotopic (exact) mass is 290 g/mol. The Hall–Kier alpha value is -1.02. The first-order valence-electron chi connectivity index (χ1n) is 8.38. The second-order valence-corrected chi connectivity index (χ2v) is 6.75. The van der Waals surface area contributed by atoms with E-state index >= 15 is 0 Å². The molecule has 1 aromatic rings. The molecule has 0 aromatic heterocycles. The summed E-state index contributed by atoms with van der Waals surface area (Å²) in [4.78, 5) is 0. The van der Waals surface area contributed by atoms with Gasteiger partial charge in [0.2, 0.25) is 0 Å². The Labute approximate surface area is 129 Å². The molecule has 118 valence electrons. The number of rotatable bonds is 4. The molecule has 1 fully saturated rings. The van der Waals surface area contributed by atoms with Gasteiger partial charge in [-0.1, -0.05) is 26.2 Å². The van der Waals surface area contributed by atoms with Gasteiger partial charge in [0.15, 0.2) is 0 Å². The highest BCUT2D eigenvalue weighted by atomic mass is 16.5. The molecule has 0 spiro atoms. The average Bonchev–Trinajstić information content (AvgIpc) is 2.64. The van der Waals surface area contributed by atoms with E-state index < -0.39 is 5.60 Å². The van der Waals surface area contributed by atoms with Crippen LogP contribution in [-0.2, 0) is 5.60 Å². The molecule has 0 radical (unpaired) electrons. The normalized spacial score (nSPS) is 26.4. The molecule has 2 atom stereocenters. The molecule has 0 saturated heterocycles. The molecule has 1 aliphatic carbocycles. The Morgan fingerprint density at radius 2 is 1.95 bits per heavy atom. The van der Waals surface area contributed by atoms with Crippen molar-refractivity contribution in [3.05, 3.63) is 28.8 Å². The molecule has 2 unspecified atom stereocenters. The van der Waals surface area contributed by atoms with Gasteiger partial charge < -0.3 is 9.84 Å². The van der Waals surface area contributed by atoms with Gasteiger partial charge in [-0.05, 0) is 74.3 Å². The van der Waals surface area contributed by atoms with E-state index in [-0.39, 0.29) is 0 Å². The predicted octanol–water partition coefficient (Wildman–Crippen LogP) is 4.88. The fourth-order valence-corrected chi connectivity index (χ4v) is 3.87. The lowest BCUT2D eigenvalue weighted by molar-refractivity contribution is 0.0188. The van der Waals surface area contributed by atoms with E-state index in [1.54, 1.807) is 7.11 Å². The van der Waals surface area contributed by atoms with E-state index in [1.807, 2.05) is 0 Å². The number of benzene rings is 1. The Bertz CT molecular complexity index is 481. The first kappa shape index (κ1) is 16.4. The standard InChI is InChI=1S/C19H30O2/c1-5-7-16-8-6-10-19(20,11-9-16)17-12-15(3)18(21-4)13-14(17)2/h12-13,16,20H,5-11H2,1-4H3. The molecular weight excluding hydrogens is 260 g/mol. The fourth-order valence-electron chi connectivity index (χ4n) is 3.87. The number of hydrogen-bond donors (Lipinski definition) is 1. The van der Waals surface area contributed by atoms with Crippen LogP contribution < -0.4 is 4.74 Å². The molecule has 1 saturated carbocycles. The van der Waals surface area contributed by atoms with Crippen LogP contribution >= 0.6 is 0 Å². The Morgan fingerprint density at radius 1 is 1.19 bits per heavy atom. The van der Waals surface area contributed by atoms with Gasteiger partial charge in [-0.2, -0.15) is 0 Å². The van der Waals surface area contributed by atoms with Crippen molar-refractivity contribution in [3.63, 3.8) is 0 Å². The zero-order chi connectivity index (χ0) is 15.5. The van der Waals surface area contributed by atoms with E-state index in [2.05, 4.69) is 32.9 Å². The fraction of sp³-hybridized carbons (Fsp3) is 0.684. The molecule has 2 nitrogen and oxygen atoms in total. The summed E-state index contributed by atoms with van der Waals surface area (Å²) in [7, 11) is 1.71. The lowest BCUT2D eigenvalue weighted by atomic mass is 9.82. The molecule has 0 heterocycles. The van der Waals surface area contributed by atoms with Crippen molar-refractivity contribution < 1.29 is 9.84 Å². The van der Waals surface area contributed by atoms with Crippen LogP contribution in [0.4, 0.5) is 0 Å². The summed E-state index contributed by atoms with van der Waals surface area (Å²) in [6.07, 6.45) is 7.88. The van der Waals surface area contributed by atoms with Gasteiger partial charge >= 0.3 is 0 Å². The molecule has 0 aliphatic heterocycles. The molecule has 21 heavy (non-hydrogen) atoms. The quantitative estimate of drug-likeness (QED) is 0.801. The molecule has 0 amide bonds. The smallest absolute Gasteiger partial charge is 0.122 e. The third kappa shape index (κ3) is 3.60. The number of aryl methyl sites for hydroxylation is 2. The van der Waals surface area contributed by atoms with E-state index in [4.69, 9.17) is 4.74 Å². The van der Waals surface area contributed by atoms with Crippen LogP contribution in [0.2, 0.25) is 0 Å². The topological polar surface area (TPSA) is 29.5 Å². The van der Waals surface area contributed by atoms with Crippen LogP contribution in [0.5, 0.6) is 5.75 Å². The van der Waals surface area contributed by atoms with Gasteiger partial charge in [-0.3, -0.25) is 0 Å². The summed E-state index contributed by atoms with van der Waals surface area (Å²) < 4.78 is 5.39. The average molecular weight is 290 g/mol. The van der Waals surface area contributed by atoms with Crippen molar-refractivity contribution in [2.24, 2.45) is 5.92 Å². The number of ether oxygens (including phenoxy) is 1. The van der Waals surface area contributed by atoms with E-state index in [0.29, 0.717) is 0 Å². The minimum atomic E-state index is -0.649. The van der Waals surface area contributed by atoms with Crippen molar-refractivity contribution in [3.8, 4) is 5.75 Å². The summed E-state index contributed by atoms with van der Waals surface area (Å²) in [5.41, 5.74) is 2.72. The largest absolute Gasteiger partial charge is 0.496 e. The minimum Gasteiger partial charge on any atom is -0.496 e. The van der Waals surface area contributed by atoms with Crippen molar-refractivity contribution >= 4 is 0 Å². The number of aliphatic hydroxyl groups is 1. The number of methoxy groups -OCH3 is 1. The highest BCUT2D eigenvalue weighted by Crippen LogP contribution is 2.41. The summed E-state index contributed by atoms with van der Waals surface area (Å²) in [6.45, 7) is 6.40. The number of hydrogen-bond acceptors (Lipinski definition) is 2. The zero-order valence-electron chi connectivity index (χ0n) is 14.0. The van der Waals surface area contributed by atoms with Crippen molar-refractivity contribution in [1.82, 2.24) is 0 Å². The maximum absolute atomic E-state index is 11.2. The second kappa shape index (κ2) is 6.83. The summed E-state index contributed by atoms with van der Waals surface area (Å²) in [6, 6.07) is 4.20. The Kier molecular flexibility index (Phi) is 5.32. The molecule has 1 N–H and O–H groups in total. The van der Waals surface area contributed by atoms with Crippen LogP contribution in [0.3, 0.4) is 0 Å². The van der Waals surface area contributed by atoms with Crippen LogP contribution in [0.15, 0.2) is 12.1 Å². The molecule has 2 heteroatoms. The van der Waals surface area contributed by atoms with Crippen LogP contribution in [0.25, 0.3) is 0 Å². The van der Waals surface area contributed by atoms with Gasteiger partial charge in [0, 0.05) is 0 Å². The summed E-state index contributed by atoms with van der Waals surface area (Å²) >= 11 is 0. The maximum atomic E-state index is 11.2. The van der Waals surface area contributed by atoms with Crippen LogP contribution in [-0.4, -0.2) is 12.2 Å². The molecule has 1 aromatic carbocycles. The van der Waals surface area contributed by atoms with Crippen molar-refractivity contribution in [1.29, 1.82) is 0 Å². The van der Waals surface area contributed by atoms with Gasteiger partial charge in [0.05, 0.1) is 12.7 Å². The maximum Gasteiger partial charge on any atom is 0.122 e. The third-order valence-electron chi connectivity index (χ3n) is 5.11. The first-order valence-corrected chi connectivity index (χ1v) is 8.38. The Balaban J connectivity index is 2.25. The SMILES string of the molecule is CCCC1CCCC(O)(c2cc(C)c(OC)cc2C)CC1. The highest BCUT2D eigenvalue weighted by molar-refractivity contribution is 5.44. The van der Waals surface area contributed by atoms with Crippen molar-refractivity contribution in [2.45, 2.75) is 71.3 Å². The summed E-state index contributed by atoms with van der Waals surface area (Å²) in [5, 5.41) is 11.2. The molecule has 2 rings (SSSR count). The molecular formula is C19H30O2. The van der Waals surface area contributed by atoms with E-state index in [9.17, 15) is 5.11 Å². The summed E-state index contributed by atoms with van der Waals surface area (Å²) in [5.74, 6) is 1.71. The third-order valence-corrected chi connectivity index (χ3v) is 5.11.